The predicted octanol–water partition coefficient (Wildman–Crippen LogP) is 2.25. The van der Waals surface area contributed by atoms with Crippen molar-refractivity contribution in [3.63, 3.8) is 0 Å². The van der Waals surface area contributed by atoms with E-state index in [4.69, 9.17) is 0 Å². The molecule has 2 heterocycles. The highest BCUT2D eigenvalue weighted by Gasteiger charge is 2.45. The molecule has 0 aliphatic carbocycles. The van der Waals surface area contributed by atoms with Crippen molar-refractivity contribution in [1.82, 2.24) is 4.90 Å². The third-order valence-corrected chi connectivity index (χ3v) is 4.87. The van der Waals surface area contributed by atoms with Crippen molar-refractivity contribution < 1.29 is 5.11 Å². The van der Waals surface area contributed by atoms with Crippen LogP contribution in [0.4, 0.5) is 0 Å². The predicted molar refractivity (Wildman–Crippen MR) is 68.9 cm³/mol. The first kappa shape index (κ1) is 11.2. The fourth-order valence-corrected chi connectivity index (χ4v) is 3.91. The van der Waals surface area contributed by atoms with Crippen LogP contribution < -0.4 is 0 Å². The zero-order valence-electron chi connectivity index (χ0n) is 10.4. The Morgan fingerprint density at radius 2 is 2.00 bits per heavy atom. The number of piperidine rings is 1. The van der Waals surface area contributed by atoms with Gasteiger partial charge in [0.2, 0.25) is 0 Å². The van der Waals surface area contributed by atoms with Gasteiger partial charge >= 0.3 is 0 Å². The largest absolute Gasteiger partial charge is 0.396 e. The number of nitrogens with zero attached hydrogens (tertiary/aromatic N) is 1. The van der Waals surface area contributed by atoms with Gasteiger partial charge in [0.15, 0.2) is 0 Å². The van der Waals surface area contributed by atoms with Gasteiger partial charge in [0.05, 0.1) is 0 Å². The summed E-state index contributed by atoms with van der Waals surface area (Å²) in [6.45, 7) is 0.321. The summed E-state index contributed by atoms with van der Waals surface area (Å²) in [5.41, 5.74) is 1.41. The van der Waals surface area contributed by atoms with Crippen LogP contribution in [-0.4, -0.2) is 35.7 Å². The summed E-state index contributed by atoms with van der Waals surface area (Å²) in [6.07, 6.45) is 3.78. The Morgan fingerprint density at radius 1 is 1.24 bits per heavy atom. The highest BCUT2D eigenvalue weighted by molar-refractivity contribution is 5.23. The minimum Gasteiger partial charge on any atom is -0.396 e. The second-order valence-electron chi connectivity index (χ2n) is 5.56. The number of hydrogen-bond acceptors (Lipinski definition) is 2. The molecule has 17 heavy (non-hydrogen) atoms. The van der Waals surface area contributed by atoms with E-state index >= 15 is 0 Å². The second-order valence-corrected chi connectivity index (χ2v) is 5.56. The van der Waals surface area contributed by atoms with Gasteiger partial charge < -0.3 is 10.0 Å². The van der Waals surface area contributed by atoms with E-state index in [0.717, 1.165) is 6.04 Å². The van der Waals surface area contributed by atoms with Crippen molar-refractivity contribution in [3.05, 3.63) is 35.9 Å². The first-order chi connectivity index (χ1) is 8.31. The zero-order chi connectivity index (χ0) is 11.8. The molecule has 4 atom stereocenters. The van der Waals surface area contributed by atoms with Crippen LogP contribution in [0.15, 0.2) is 30.3 Å². The summed E-state index contributed by atoms with van der Waals surface area (Å²) in [5, 5.41) is 9.73. The van der Waals surface area contributed by atoms with Gasteiger partial charge in [-0.1, -0.05) is 30.3 Å². The third-order valence-electron chi connectivity index (χ3n) is 4.87. The van der Waals surface area contributed by atoms with Gasteiger partial charge in [-0.15, -0.1) is 0 Å². The van der Waals surface area contributed by atoms with E-state index in [9.17, 15) is 5.11 Å². The Morgan fingerprint density at radius 3 is 2.71 bits per heavy atom. The maximum atomic E-state index is 9.73. The summed E-state index contributed by atoms with van der Waals surface area (Å²) in [5.74, 6) is 0.969. The summed E-state index contributed by atoms with van der Waals surface area (Å²) in [7, 11) is 2.23. The monoisotopic (exact) mass is 231 g/mol. The van der Waals surface area contributed by atoms with E-state index in [1.165, 1.54) is 24.8 Å². The molecule has 2 aliphatic heterocycles. The number of aliphatic hydroxyl groups is 1. The Kier molecular flexibility index (Phi) is 2.93. The van der Waals surface area contributed by atoms with Gasteiger partial charge in [0, 0.05) is 24.6 Å². The van der Waals surface area contributed by atoms with Crippen LogP contribution in [-0.2, 0) is 0 Å². The highest BCUT2D eigenvalue weighted by atomic mass is 16.3. The van der Waals surface area contributed by atoms with E-state index in [1.807, 2.05) is 0 Å². The van der Waals surface area contributed by atoms with Crippen LogP contribution in [0.25, 0.3) is 0 Å². The lowest BCUT2D eigenvalue weighted by atomic mass is 9.76. The molecule has 0 spiro atoms. The fourth-order valence-electron chi connectivity index (χ4n) is 3.91. The normalized spacial score (nSPS) is 37.3. The third kappa shape index (κ3) is 1.80. The van der Waals surface area contributed by atoms with Crippen molar-refractivity contribution in [2.45, 2.75) is 37.3 Å². The lowest BCUT2D eigenvalue weighted by molar-refractivity contribution is 0.0592. The van der Waals surface area contributed by atoms with Crippen LogP contribution in [0.1, 0.15) is 30.7 Å². The SMILES string of the molecule is CN1[C@H]2CC[C@@H]1[C@H](CO)[C@@H](c1ccccc1)C2. The van der Waals surface area contributed by atoms with Crippen molar-refractivity contribution in [2.24, 2.45) is 5.92 Å². The van der Waals surface area contributed by atoms with Gasteiger partial charge in [-0.05, 0) is 37.8 Å². The Bertz CT molecular complexity index is 378. The minimum absolute atomic E-state index is 0.321. The molecule has 0 saturated carbocycles. The van der Waals surface area contributed by atoms with E-state index in [2.05, 4.69) is 42.3 Å². The molecule has 2 saturated heterocycles. The molecule has 0 radical (unpaired) electrons. The summed E-state index contributed by atoms with van der Waals surface area (Å²) >= 11 is 0. The summed E-state index contributed by atoms with van der Waals surface area (Å²) in [4.78, 5) is 2.50. The molecule has 1 aromatic carbocycles. The molecule has 1 N–H and O–H groups in total. The molecular weight excluding hydrogens is 210 g/mol. The topological polar surface area (TPSA) is 23.5 Å². The molecule has 3 rings (SSSR count). The molecule has 0 unspecified atom stereocenters. The highest BCUT2D eigenvalue weighted by Crippen LogP contribution is 2.45. The van der Waals surface area contributed by atoms with Crippen LogP contribution in [0.3, 0.4) is 0 Å². The number of hydrogen-bond donors (Lipinski definition) is 1. The summed E-state index contributed by atoms with van der Waals surface area (Å²) in [6, 6.07) is 12.1. The number of fused-ring (bicyclic) bond motifs is 2. The zero-order valence-corrected chi connectivity index (χ0v) is 10.4. The van der Waals surface area contributed by atoms with Gasteiger partial charge in [-0.25, -0.2) is 0 Å². The molecule has 2 aliphatic rings. The molecule has 2 heteroatoms. The van der Waals surface area contributed by atoms with Crippen LogP contribution in [0.2, 0.25) is 0 Å². The van der Waals surface area contributed by atoms with E-state index in [-0.39, 0.29) is 0 Å². The van der Waals surface area contributed by atoms with Crippen molar-refractivity contribution in [1.29, 1.82) is 0 Å². The molecule has 2 nitrogen and oxygen atoms in total. The maximum Gasteiger partial charge on any atom is 0.0480 e. The van der Waals surface area contributed by atoms with Crippen molar-refractivity contribution in [3.8, 4) is 0 Å². The first-order valence-corrected chi connectivity index (χ1v) is 6.69. The number of benzene rings is 1. The number of aliphatic hydroxyl groups excluding tert-OH is 1. The van der Waals surface area contributed by atoms with Gasteiger partial charge in [0.1, 0.15) is 0 Å². The standard InChI is InChI=1S/C15H21NO/c1-16-12-7-8-15(16)14(10-17)13(9-12)11-5-3-2-4-6-11/h2-6,12-15,17H,7-10H2,1H3/t12-,13+,14+,15+/m0/s1. The minimum atomic E-state index is 0.321. The maximum absolute atomic E-state index is 9.73. The molecular formula is C15H21NO. The van der Waals surface area contributed by atoms with Crippen LogP contribution in [0.5, 0.6) is 0 Å². The average Bonchev–Trinajstić information content (AvgIpc) is 2.64. The van der Waals surface area contributed by atoms with Crippen molar-refractivity contribution in [2.75, 3.05) is 13.7 Å². The smallest absolute Gasteiger partial charge is 0.0480 e. The van der Waals surface area contributed by atoms with Gasteiger partial charge in [-0.2, -0.15) is 0 Å². The fraction of sp³-hybridized carbons (Fsp3) is 0.600. The van der Waals surface area contributed by atoms with E-state index < -0.39 is 0 Å². The van der Waals surface area contributed by atoms with Crippen molar-refractivity contribution >= 4 is 0 Å². The second kappa shape index (κ2) is 4.43. The lowest BCUT2D eigenvalue weighted by Crippen LogP contribution is -2.47. The first-order valence-electron chi connectivity index (χ1n) is 6.69. The molecule has 0 aromatic heterocycles. The number of rotatable bonds is 2. The Balaban J connectivity index is 1.90. The van der Waals surface area contributed by atoms with Crippen LogP contribution >= 0.6 is 0 Å². The Labute approximate surface area is 103 Å². The van der Waals surface area contributed by atoms with Crippen LogP contribution in [0, 0.1) is 5.92 Å². The molecule has 2 fully saturated rings. The Hall–Kier alpha value is -0.860. The van der Waals surface area contributed by atoms with E-state index in [0.29, 0.717) is 24.5 Å². The average molecular weight is 231 g/mol. The molecule has 1 aromatic rings. The summed E-state index contributed by atoms with van der Waals surface area (Å²) < 4.78 is 0. The quantitative estimate of drug-likeness (QED) is 0.844. The van der Waals surface area contributed by atoms with Gasteiger partial charge in [0.25, 0.3) is 0 Å². The van der Waals surface area contributed by atoms with E-state index in [1.54, 1.807) is 0 Å². The molecule has 0 amide bonds. The molecule has 2 bridgehead atoms. The molecule has 92 valence electrons. The lowest BCUT2D eigenvalue weighted by Gasteiger charge is -2.42. The van der Waals surface area contributed by atoms with Gasteiger partial charge in [-0.3, -0.25) is 0 Å².